The van der Waals surface area contributed by atoms with Crippen LogP contribution in [0, 0.1) is 18.6 Å². The smallest absolute Gasteiger partial charge is 0.352 e. The summed E-state index contributed by atoms with van der Waals surface area (Å²) in [6.45, 7) is 2.60. The van der Waals surface area contributed by atoms with Gasteiger partial charge < -0.3 is 15.0 Å². The Morgan fingerprint density at radius 2 is 1.81 bits per heavy atom. The molecule has 0 bridgehead atoms. The number of carboxylic acid groups (broad SMARTS) is 1. The fourth-order valence-electron chi connectivity index (χ4n) is 3.90. The number of carbonyl (C=O) groups is 1. The number of carboxylic acids is 1. The highest BCUT2D eigenvalue weighted by molar-refractivity contribution is 6.31. The van der Waals surface area contributed by atoms with Gasteiger partial charge in [0.05, 0.1) is 0 Å². The molecule has 2 N–H and O–H groups in total. The lowest BCUT2D eigenvalue weighted by molar-refractivity contribution is 0.0684. The van der Waals surface area contributed by atoms with Crippen molar-refractivity contribution >= 4 is 28.5 Å². The van der Waals surface area contributed by atoms with E-state index in [0.29, 0.717) is 16.7 Å². The van der Waals surface area contributed by atoms with Crippen LogP contribution in [0.1, 0.15) is 32.7 Å². The Hall–Kier alpha value is -3.22. The number of nitrogens with zero attached hydrogens (tertiary/aromatic N) is 1. The average molecular weight is 455 g/mol. The Labute approximate surface area is 189 Å². The van der Waals surface area contributed by atoms with E-state index in [2.05, 4.69) is 5.32 Å². The van der Waals surface area contributed by atoms with Gasteiger partial charge >= 0.3 is 5.97 Å². The largest absolute Gasteiger partial charge is 0.477 e. The van der Waals surface area contributed by atoms with Gasteiger partial charge in [-0.25, -0.2) is 13.6 Å². The molecule has 3 aromatic carbocycles. The molecule has 4 rings (SSSR count). The first-order chi connectivity index (χ1) is 15.3. The molecular formula is C25H21ClF2N2O2. The molecule has 0 atom stereocenters. The Kier molecular flexibility index (Phi) is 6.26. The number of halogens is 3. The third-order valence-corrected chi connectivity index (χ3v) is 5.80. The lowest BCUT2D eigenvalue weighted by atomic mass is 10.1. The first-order valence-corrected chi connectivity index (χ1v) is 10.5. The highest BCUT2D eigenvalue weighted by atomic mass is 35.5. The minimum Gasteiger partial charge on any atom is -0.477 e. The monoisotopic (exact) mass is 454 g/mol. The molecule has 4 nitrogen and oxygen atoms in total. The van der Waals surface area contributed by atoms with Gasteiger partial charge in [-0.3, -0.25) is 0 Å². The van der Waals surface area contributed by atoms with Crippen LogP contribution in [0.4, 0.5) is 8.78 Å². The summed E-state index contributed by atoms with van der Waals surface area (Å²) in [6, 6.07) is 16.2. The second-order valence-electron chi connectivity index (χ2n) is 7.67. The second kappa shape index (κ2) is 9.10. The molecule has 0 aliphatic rings. The van der Waals surface area contributed by atoms with Gasteiger partial charge in [0.2, 0.25) is 0 Å². The van der Waals surface area contributed by atoms with E-state index in [1.807, 2.05) is 25.1 Å². The lowest BCUT2D eigenvalue weighted by Gasteiger charge is -2.11. The van der Waals surface area contributed by atoms with E-state index in [-0.39, 0.29) is 36.2 Å². The number of aromatic carboxylic acids is 1. The van der Waals surface area contributed by atoms with E-state index in [1.54, 1.807) is 28.8 Å². The zero-order valence-electron chi connectivity index (χ0n) is 17.3. The van der Waals surface area contributed by atoms with Crippen LogP contribution in [0.5, 0.6) is 0 Å². The fourth-order valence-corrected chi connectivity index (χ4v) is 4.13. The standard InChI is InChI=1S/C25H21ClF2N2O2/c1-15-6-9-19-20(13-29-12-16-4-2-3-5-22(16)28)24(25(31)32)30(23(19)10-15)14-17-7-8-18(27)11-21(17)26/h2-11,29H,12-14H2,1H3,(H,31,32). The zero-order chi connectivity index (χ0) is 22.8. The van der Waals surface area contributed by atoms with Crippen molar-refractivity contribution in [1.82, 2.24) is 9.88 Å². The second-order valence-corrected chi connectivity index (χ2v) is 8.08. The van der Waals surface area contributed by atoms with E-state index in [0.717, 1.165) is 16.5 Å². The zero-order valence-corrected chi connectivity index (χ0v) is 18.1. The third kappa shape index (κ3) is 4.38. The topological polar surface area (TPSA) is 54.3 Å². The van der Waals surface area contributed by atoms with Crippen LogP contribution in [0.25, 0.3) is 10.9 Å². The summed E-state index contributed by atoms with van der Waals surface area (Å²) in [4.78, 5) is 12.3. The quantitative estimate of drug-likeness (QED) is 0.364. The van der Waals surface area contributed by atoms with Gasteiger partial charge in [0, 0.05) is 46.7 Å². The molecule has 1 heterocycles. The number of benzene rings is 3. The SMILES string of the molecule is Cc1ccc2c(CNCc3ccccc3F)c(C(=O)O)n(Cc3ccc(F)cc3Cl)c2c1. The van der Waals surface area contributed by atoms with E-state index in [9.17, 15) is 18.7 Å². The fraction of sp³-hybridized carbons (Fsp3) is 0.160. The van der Waals surface area contributed by atoms with Crippen LogP contribution in [-0.2, 0) is 19.6 Å². The molecule has 4 aromatic rings. The maximum Gasteiger partial charge on any atom is 0.352 e. The maximum absolute atomic E-state index is 14.0. The summed E-state index contributed by atoms with van der Waals surface area (Å²) < 4.78 is 29.1. The van der Waals surface area contributed by atoms with E-state index in [1.165, 1.54) is 18.2 Å². The summed E-state index contributed by atoms with van der Waals surface area (Å²) in [7, 11) is 0. The predicted octanol–water partition coefficient (Wildman–Crippen LogP) is 5.92. The molecule has 0 spiro atoms. The van der Waals surface area contributed by atoms with Crippen LogP contribution in [0.2, 0.25) is 5.02 Å². The van der Waals surface area contributed by atoms with Gasteiger partial charge in [-0.2, -0.15) is 0 Å². The van der Waals surface area contributed by atoms with Crippen LogP contribution in [0.3, 0.4) is 0 Å². The molecule has 0 aliphatic carbocycles. The Morgan fingerprint density at radius 3 is 2.53 bits per heavy atom. The first-order valence-electron chi connectivity index (χ1n) is 10.1. The van der Waals surface area contributed by atoms with E-state index >= 15 is 0 Å². The minimum atomic E-state index is -1.08. The van der Waals surface area contributed by atoms with Crippen molar-refractivity contribution < 1.29 is 18.7 Å². The molecule has 0 amide bonds. The summed E-state index contributed by atoms with van der Waals surface area (Å²) in [5, 5.41) is 14.2. The molecule has 0 saturated carbocycles. The number of hydrogen-bond acceptors (Lipinski definition) is 2. The van der Waals surface area contributed by atoms with E-state index < -0.39 is 11.8 Å². The van der Waals surface area contributed by atoms with Crippen LogP contribution in [0.15, 0.2) is 60.7 Å². The summed E-state index contributed by atoms with van der Waals surface area (Å²) in [5.74, 6) is -1.86. The number of nitrogens with one attached hydrogen (secondary N) is 1. The maximum atomic E-state index is 14.0. The molecule has 7 heteroatoms. The molecule has 0 unspecified atom stereocenters. The van der Waals surface area contributed by atoms with Crippen molar-refractivity contribution in [2.75, 3.05) is 0 Å². The number of hydrogen-bond donors (Lipinski definition) is 2. The van der Waals surface area contributed by atoms with Crippen molar-refractivity contribution in [3.63, 3.8) is 0 Å². The molecule has 0 saturated heterocycles. The highest BCUT2D eigenvalue weighted by Crippen LogP contribution is 2.30. The Balaban J connectivity index is 1.76. The number of aromatic nitrogens is 1. The summed E-state index contributed by atoms with van der Waals surface area (Å²) in [5.41, 5.74) is 3.55. The van der Waals surface area contributed by atoms with E-state index in [4.69, 9.17) is 11.6 Å². The van der Waals surface area contributed by atoms with Gasteiger partial charge in [0.15, 0.2) is 0 Å². The first kappa shape index (κ1) is 22.0. The number of fused-ring (bicyclic) bond motifs is 1. The molecule has 1 aromatic heterocycles. The van der Waals surface area contributed by atoms with Crippen LogP contribution >= 0.6 is 11.6 Å². The van der Waals surface area contributed by atoms with Gasteiger partial charge in [0.25, 0.3) is 0 Å². The Bertz CT molecular complexity index is 1320. The third-order valence-electron chi connectivity index (χ3n) is 5.45. The number of aryl methyl sites for hydroxylation is 1. The summed E-state index contributed by atoms with van der Waals surface area (Å²) in [6.07, 6.45) is 0. The van der Waals surface area contributed by atoms with Crippen molar-refractivity contribution in [2.24, 2.45) is 0 Å². The number of rotatable bonds is 7. The molecule has 0 fully saturated rings. The molecule has 0 aliphatic heterocycles. The molecule has 164 valence electrons. The van der Waals surface area contributed by atoms with Gasteiger partial charge in [-0.15, -0.1) is 0 Å². The van der Waals surface area contributed by atoms with Gasteiger partial charge in [-0.05, 0) is 42.3 Å². The average Bonchev–Trinajstić information content (AvgIpc) is 3.04. The predicted molar refractivity (Wildman–Crippen MR) is 121 cm³/mol. The van der Waals surface area contributed by atoms with Crippen molar-refractivity contribution in [3.05, 3.63) is 105 Å². The highest BCUT2D eigenvalue weighted by Gasteiger charge is 2.23. The van der Waals surface area contributed by atoms with Gasteiger partial charge in [0.1, 0.15) is 17.3 Å². The summed E-state index contributed by atoms with van der Waals surface area (Å²) >= 11 is 6.22. The Morgan fingerprint density at radius 1 is 1.03 bits per heavy atom. The molecule has 32 heavy (non-hydrogen) atoms. The normalized spacial score (nSPS) is 11.2. The van der Waals surface area contributed by atoms with Crippen molar-refractivity contribution in [3.8, 4) is 0 Å². The van der Waals surface area contributed by atoms with Crippen molar-refractivity contribution in [2.45, 2.75) is 26.6 Å². The molecular weight excluding hydrogens is 434 g/mol. The van der Waals surface area contributed by atoms with Crippen LogP contribution < -0.4 is 5.32 Å². The van der Waals surface area contributed by atoms with Crippen molar-refractivity contribution in [1.29, 1.82) is 0 Å². The van der Waals surface area contributed by atoms with Gasteiger partial charge in [-0.1, -0.05) is 48.0 Å². The minimum absolute atomic E-state index is 0.118. The molecule has 0 radical (unpaired) electrons. The van der Waals surface area contributed by atoms with Crippen LogP contribution in [-0.4, -0.2) is 15.6 Å². The lowest BCUT2D eigenvalue weighted by Crippen LogP contribution is -2.17.